The molecule has 0 aliphatic heterocycles. The molecule has 7 heteroatoms. The summed E-state index contributed by atoms with van der Waals surface area (Å²) in [6.07, 6.45) is 9.78. The molecule has 6 nitrogen and oxygen atoms in total. The minimum absolute atomic E-state index is 0.0862. The molecular formula is C22H23FN4O2. The molecule has 0 fully saturated rings. The Hall–Kier alpha value is -2.90. The van der Waals surface area contributed by atoms with E-state index in [4.69, 9.17) is 19.5 Å². The Morgan fingerprint density at radius 1 is 1.34 bits per heavy atom. The lowest BCUT2D eigenvalue weighted by atomic mass is 9.99. The molecule has 0 saturated carbocycles. The predicted octanol–water partition coefficient (Wildman–Crippen LogP) is 4.30. The molecule has 29 heavy (non-hydrogen) atoms. The van der Waals surface area contributed by atoms with Crippen molar-refractivity contribution in [2.75, 3.05) is 13.7 Å². The third-order valence-electron chi connectivity index (χ3n) is 4.98. The first kappa shape index (κ1) is 19.4. The van der Waals surface area contributed by atoms with Crippen LogP contribution in [0.1, 0.15) is 18.9 Å². The first-order chi connectivity index (χ1) is 14.1. The maximum absolute atomic E-state index is 13.7. The summed E-state index contributed by atoms with van der Waals surface area (Å²) in [5, 5.41) is 0. The van der Waals surface area contributed by atoms with Crippen LogP contribution >= 0.6 is 0 Å². The van der Waals surface area contributed by atoms with E-state index in [1.807, 2.05) is 35.9 Å². The van der Waals surface area contributed by atoms with Crippen molar-refractivity contribution in [1.29, 1.82) is 0 Å². The molecule has 0 amide bonds. The summed E-state index contributed by atoms with van der Waals surface area (Å²) < 4.78 is 26.8. The van der Waals surface area contributed by atoms with Crippen molar-refractivity contribution in [3.8, 4) is 11.3 Å². The Balaban J connectivity index is 1.75. The highest BCUT2D eigenvalue weighted by molar-refractivity contribution is 5.98. The molecule has 2 heterocycles. The van der Waals surface area contributed by atoms with Gasteiger partial charge in [0, 0.05) is 50.0 Å². The minimum Gasteiger partial charge on any atom is -0.378 e. The van der Waals surface area contributed by atoms with E-state index in [-0.39, 0.29) is 18.0 Å². The molecule has 0 spiro atoms. The number of aryl methyl sites for hydroxylation is 1. The fourth-order valence-corrected chi connectivity index (χ4v) is 3.45. The van der Waals surface area contributed by atoms with Crippen LogP contribution in [0.4, 0.5) is 10.2 Å². The fourth-order valence-electron chi connectivity index (χ4n) is 3.45. The number of rotatable bonds is 5. The Morgan fingerprint density at radius 3 is 2.97 bits per heavy atom. The van der Waals surface area contributed by atoms with Gasteiger partial charge in [-0.15, -0.1) is 0 Å². The van der Waals surface area contributed by atoms with E-state index in [1.54, 1.807) is 32.4 Å². The predicted molar refractivity (Wildman–Crippen MR) is 110 cm³/mol. The molecule has 0 saturated heterocycles. The highest BCUT2D eigenvalue weighted by atomic mass is 19.1. The standard InChI is InChI=1S/C22H23FN4O2/c1-4-29-19-8-6-16(12-20(19)28-3)25-21-22-24-9-10-27(22)13-18(26-21)15-5-7-17(23)14(2)11-15/h5-11,13,19-20H,4,12H2,1-3H3. The molecule has 3 aromatic rings. The number of nitrogens with zero attached hydrogens (tertiary/aromatic N) is 4. The van der Waals surface area contributed by atoms with E-state index in [1.165, 1.54) is 6.07 Å². The number of hydrogen-bond donors (Lipinski definition) is 0. The van der Waals surface area contributed by atoms with Crippen molar-refractivity contribution in [3.63, 3.8) is 0 Å². The lowest BCUT2D eigenvalue weighted by molar-refractivity contribution is -0.0257. The zero-order chi connectivity index (χ0) is 20.4. The number of imidazole rings is 1. The number of allylic oxidation sites excluding steroid dienone is 1. The van der Waals surface area contributed by atoms with E-state index in [0.29, 0.717) is 35.8 Å². The topological polar surface area (TPSA) is 61.0 Å². The van der Waals surface area contributed by atoms with Crippen LogP contribution < -0.4 is 0 Å². The Morgan fingerprint density at radius 2 is 2.21 bits per heavy atom. The van der Waals surface area contributed by atoms with Crippen molar-refractivity contribution in [3.05, 3.63) is 60.3 Å². The molecule has 1 aliphatic carbocycles. The number of benzene rings is 1. The first-order valence-corrected chi connectivity index (χ1v) is 9.59. The molecule has 4 rings (SSSR count). The monoisotopic (exact) mass is 394 g/mol. The molecule has 0 radical (unpaired) electrons. The summed E-state index contributed by atoms with van der Waals surface area (Å²) in [5.41, 5.74) is 3.61. The van der Waals surface area contributed by atoms with Gasteiger partial charge in [0.25, 0.3) is 0 Å². The number of fused-ring (bicyclic) bond motifs is 1. The summed E-state index contributed by atoms with van der Waals surface area (Å²) in [5.74, 6) is 0.276. The van der Waals surface area contributed by atoms with Gasteiger partial charge in [-0.05, 0) is 43.7 Å². The van der Waals surface area contributed by atoms with Gasteiger partial charge in [-0.3, -0.25) is 0 Å². The van der Waals surface area contributed by atoms with E-state index < -0.39 is 0 Å². The van der Waals surface area contributed by atoms with Gasteiger partial charge in [-0.1, -0.05) is 6.08 Å². The number of aliphatic imine (C=N–C) groups is 1. The Bertz CT molecular complexity index is 1090. The van der Waals surface area contributed by atoms with Gasteiger partial charge in [0.1, 0.15) is 11.9 Å². The number of aromatic nitrogens is 3. The average molecular weight is 394 g/mol. The van der Waals surface area contributed by atoms with Gasteiger partial charge in [-0.2, -0.15) is 0 Å². The quantitative estimate of drug-likeness (QED) is 0.647. The second-order valence-corrected chi connectivity index (χ2v) is 6.93. The van der Waals surface area contributed by atoms with Crippen LogP contribution in [0, 0.1) is 12.7 Å². The van der Waals surface area contributed by atoms with Crippen LogP contribution in [0.15, 0.2) is 53.9 Å². The summed E-state index contributed by atoms with van der Waals surface area (Å²) in [6.45, 7) is 4.32. The molecular weight excluding hydrogens is 371 g/mol. The Kier molecular flexibility index (Phi) is 5.51. The molecule has 150 valence electrons. The van der Waals surface area contributed by atoms with Gasteiger partial charge in [0.05, 0.1) is 11.8 Å². The van der Waals surface area contributed by atoms with Gasteiger partial charge >= 0.3 is 0 Å². The van der Waals surface area contributed by atoms with Gasteiger partial charge < -0.3 is 13.9 Å². The zero-order valence-electron chi connectivity index (χ0n) is 16.7. The van der Waals surface area contributed by atoms with Crippen LogP contribution in [0.2, 0.25) is 0 Å². The highest BCUT2D eigenvalue weighted by Gasteiger charge is 2.25. The van der Waals surface area contributed by atoms with Gasteiger partial charge in [0.2, 0.25) is 0 Å². The number of ether oxygens (including phenoxy) is 2. The molecule has 1 aromatic carbocycles. The summed E-state index contributed by atoms with van der Waals surface area (Å²) in [7, 11) is 1.68. The van der Waals surface area contributed by atoms with Crippen LogP contribution in [0.3, 0.4) is 0 Å². The highest BCUT2D eigenvalue weighted by Crippen LogP contribution is 2.26. The largest absolute Gasteiger partial charge is 0.378 e. The average Bonchev–Trinajstić information content (AvgIpc) is 3.20. The third-order valence-corrected chi connectivity index (χ3v) is 4.98. The molecule has 2 atom stereocenters. The van der Waals surface area contributed by atoms with Gasteiger partial charge in [-0.25, -0.2) is 19.4 Å². The summed E-state index contributed by atoms with van der Waals surface area (Å²) >= 11 is 0. The summed E-state index contributed by atoms with van der Waals surface area (Å²) in [6, 6.07) is 4.96. The van der Waals surface area contributed by atoms with E-state index in [2.05, 4.69) is 4.98 Å². The van der Waals surface area contributed by atoms with E-state index >= 15 is 0 Å². The number of methoxy groups -OCH3 is 1. The maximum atomic E-state index is 13.7. The smallest absolute Gasteiger partial charge is 0.197 e. The number of hydrogen-bond acceptors (Lipinski definition) is 5. The third kappa shape index (κ3) is 3.97. The zero-order valence-corrected chi connectivity index (χ0v) is 16.7. The molecule has 2 aromatic heterocycles. The van der Waals surface area contributed by atoms with Crippen LogP contribution in [0.25, 0.3) is 16.9 Å². The molecule has 2 unspecified atom stereocenters. The van der Waals surface area contributed by atoms with Crippen molar-refractivity contribution >= 4 is 17.2 Å². The lowest BCUT2D eigenvalue weighted by Gasteiger charge is -2.26. The lowest BCUT2D eigenvalue weighted by Crippen LogP contribution is -2.34. The van der Waals surface area contributed by atoms with Crippen molar-refractivity contribution in [1.82, 2.24) is 14.4 Å². The van der Waals surface area contributed by atoms with Crippen LogP contribution in [0.5, 0.6) is 0 Å². The summed E-state index contributed by atoms with van der Waals surface area (Å²) in [4.78, 5) is 13.9. The molecule has 1 aliphatic rings. The van der Waals surface area contributed by atoms with E-state index in [0.717, 1.165) is 11.3 Å². The second kappa shape index (κ2) is 8.23. The first-order valence-electron chi connectivity index (χ1n) is 9.59. The second-order valence-electron chi connectivity index (χ2n) is 6.93. The Labute approximate surface area is 168 Å². The number of halogens is 1. The van der Waals surface area contributed by atoms with Gasteiger partial charge in [0.15, 0.2) is 11.5 Å². The molecule has 0 N–H and O–H groups in total. The van der Waals surface area contributed by atoms with Crippen molar-refractivity contribution < 1.29 is 13.9 Å². The minimum atomic E-state index is -0.236. The fraction of sp³-hybridized carbons (Fsp3) is 0.318. The van der Waals surface area contributed by atoms with E-state index in [9.17, 15) is 4.39 Å². The normalized spacial score (nSPS) is 20.6. The van der Waals surface area contributed by atoms with Crippen LogP contribution in [-0.2, 0) is 9.47 Å². The molecule has 0 bridgehead atoms. The maximum Gasteiger partial charge on any atom is 0.197 e. The van der Waals surface area contributed by atoms with Crippen molar-refractivity contribution in [2.24, 2.45) is 4.99 Å². The van der Waals surface area contributed by atoms with Crippen molar-refractivity contribution in [2.45, 2.75) is 32.5 Å². The SMILES string of the molecule is CCOC1C=CC(=Nc2nc(-c3ccc(F)c(C)c3)cn3ccnc23)CC1OC. The van der Waals surface area contributed by atoms with Crippen LogP contribution in [-0.4, -0.2) is 46.0 Å².